The van der Waals surface area contributed by atoms with E-state index in [0.717, 1.165) is 39.2 Å². The van der Waals surface area contributed by atoms with Crippen LogP contribution < -0.4 is 5.32 Å². The van der Waals surface area contributed by atoms with Gasteiger partial charge in [-0.1, -0.05) is 36.4 Å². The molecule has 0 aliphatic heterocycles. The molecule has 4 heteroatoms. The summed E-state index contributed by atoms with van der Waals surface area (Å²) in [7, 11) is 0. The molecule has 0 amide bonds. The maximum atomic E-state index is 6.27. The van der Waals surface area contributed by atoms with Crippen LogP contribution in [0.25, 0.3) is 0 Å². The van der Waals surface area contributed by atoms with Gasteiger partial charge >= 0.3 is 0 Å². The van der Waals surface area contributed by atoms with Crippen molar-refractivity contribution in [3.05, 3.63) is 46.9 Å². The van der Waals surface area contributed by atoms with Crippen molar-refractivity contribution in [2.45, 2.75) is 30.2 Å². The van der Waals surface area contributed by atoms with E-state index in [2.05, 4.69) is 24.4 Å². The van der Waals surface area contributed by atoms with Gasteiger partial charge in [-0.25, -0.2) is 0 Å². The van der Waals surface area contributed by atoms with Gasteiger partial charge in [-0.3, -0.25) is 0 Å². The first-order valence-electron chi connectivity index (χ1n) is 5.91. The molecule has 96 valence electrons. The Labute approximate surface area is 117 Å². The van der Waals surface area contributed by atoms with Crippen molar-refractivity contribution in [3.8, 4) is 0 Å². The number of furan rings is 1. The predicted octanol–water partition coefficient (Wildman–Crippen LogP) is 4.50. The fourth-order valence-corrected chi connectivity index (χ4v) is 2.80. The number of hydrogen-bond acceptors (Lipinski definition) is 3. The van der Waals surface area contributed by atoms with Crippen LogP contribution in [0.15, 0.2) is 44.7 Å². The summed E-state index contributed by atoms with van der Waals surface area (Å²) in [5.41, 5.74) is 1.13. The summed E-state index contributed by atoms with van der Waals surface area (Å²) in [5.74, 6) is 0.938. The fourth-order valence-electron chi connectivity index (χ4n) is 1.60. The molecule has 0 saturated carbocycles. The molecule has 2 rings (SSSR count). The second-order valence-corrected chi connectivity index (χ2v) is 5.50. The third-order valence-electron chi connectivity index (χ3n) is 2.63. The Bertz CT molecular complexity index is 524. The molecule has 1 aromatic heterocycles. The van der Waals surface area contributed by atoms with Gasteiger partial charge < -0.3 is 9.73 Å². The zero-order valence-corrected chi connectivity index (χ0v) is 12.1. The highest BCUT2D eigenvalue weighted by Gasteiger charge is 2.06. The topological polar surface area (TPSA) is 25.2 Å². The molecule has 0 spiro atoms. The predicted molar refractivity (Wildman–Crippen MR) is 76.4 cm³/mol. The van der Waals surface area contributed by atoms with Crippen LogP contribution in [-0.2, 0) is 6.54 Å². The lowest BCUT2D eigenvalue weighted by atomic mass is 10.2. The van der Waals surface area contributed by atoms with E-state index in [0.29, 0.717) is 0 Å². The first kappa shape index (κ1) is 13.5. The second kappa shape index (κ2) is 6.32. The molecule has 2 nitrogen and oxygen atoms in total. The minimum absolute atomic E-state index is 0.807. The Kier molecular flexibility index (Phi) is 4.75. The number of aryl methyl sites for hydroxylation is 1. The van der Waals surface area contributed by atoms with Gasteiger partial charge in [-0.15, -0.1) is 0 Å². The van der Waals surface area contributed by atoms with Crippen LogP contribution in [0.1, 0.15) is 18.2 Å². The SMILES string of the molecule is CCNCc1ccc(Sc2ccoc2C)cc1Cl. The van der Waals surface area contributed by atoms with Crippen LogP contribution in [0.2, 0.25) is 5.02 Å². The lowest BCUT2D eigenvalue weighted by Gasteiger charge is -2.07. The average Bonchev–Trinajstić information content (AvgIpc) is 2.74. The highest BCUT2D eigenvalue weighted by molar-refractivity contribution is 7.99. The van der Waals surface area contributed by atoms with E-state index in [-0.39, 0.29) is 0 Å². The monoisotopic (exact) mass is 281 g/mol. The highest BCUT2D eigenvalue weighted by Crippen LogP contribution is 2.33. The molecule has 0 radical (unpaired) electrons. The maximum absolute atomic E-state index is 6.27. The summed E-state index contributed by atoms with van der Waals surface area (Å²) in [6.07, 6.45) is 1.71. The third kappa shape index (κ3) is 3.31. The Balaban J connectivity index is 2.11. The molecule has 0 atom stereocenters. The van der Waals surface area contributed by atoms with Crippen molar-refractivity contribution in [2.75, 3.05) is 6.54 Å². The fraction of sp³-hybridized carbons (Fsp3) is 0.286. The molecule has 0 fully saturated rings. The normalized spacial score (nSPS) is 10.8. The molecule has 0 aliphatic carbocycles. The van der Waals surface area contributed by atoms with Crippen LogP contribution in [0.3, 0.4) is 0 Å². The van der Waals surface area contributed by atoms with Gasteiger partial charge in [0, 0.05) is 16.5 Å². The van der Waals surface area contributed by atoms with E-state index in [1.54, 1.807) is 18.0 Å². The molecule has 2 aromatic rings. The molecule has 0 bridgehead atoms. The highest BCUT2D eigenvalue weighted by atomic mass is 35.5. The lowest BCUT2D eigenvalue weighted by Crippen LogP contribution is -2.11. The number of nitrogens with one attached hydrogen (secondary N) is 1. The summed E-state index contributed by atoms with van der Waals surface area (Å²) in [6, 6.07) is 8.14. The van der Waals surface area contributed by atoms with Crippen molar-refractivity contribution in [1.82, 2.24) is 5.32 Å². The standard InChI is InChI=1S/C14H16ClNOS/c1-3-16-9-11-4-5-12(8-13(11)15)18-14-6-7-17-10(14)2/h4-8,16H,3,9H2,1-2H3. The molecule has 18 heavy (non-hydrogen) atoms. The van der Waals surface area contributed by atoms with Gasteiger partial charge in [0.05, 0.1) is 11.2 Å². The van der Waals surface area contributed by atoms with E-state index < -0.39 is 0 Å². The van der Waals surface area contributed by atoms with Gasteiger partial charge in [-0.05, 0) is 37.2 Å². The Morgan fingerprint density at radius 3 is 2.78 bits per heavy atom. The maximum Gasteiger partial charge on any atom is 0.114 e. The smallest absolute Gasteiger partial charge is 0.114 e. The quantitative estimate of drug-likeness (QED) is 0.873. The molecule has 1 aromatic carbocycles. The molecular formula is C14H16ClNOS. The Morgan fingerprint density at radius 2 is 2.17 bits per heavy atom. The van der Waals surface area contributed by atoms with Gasteiger partial charge in [0.25, 0.3) is 0 Å². The van der Waals surface area contributed by atoms with E-state index in [1.165, 1.54) is 0 Å². The summed E-state index contributed by atoms with van der Waals surface area (Å²) in [4.78, 5) is 2.26. The number of hydrogen-bond donors (Lipinski definition) is 1. The van der Waals surface area contributed by atoms with E-state index >= 15 is 0 Å². The van der Waals surface area contributed by atoms with Gasteiger partial charge in [-0.2, -0.15) is 0 Å². The van der Waals surface area contributed by atoms with E-state index in [1.807, 2.05) is 19.1 Å². The van der Waals surface area contributed by atoms with Crippen molar-refractivity contribution >= 4 is 23.4 Å². The lowest BCUT2D eigenvalue weighted by molar-refractivity contribution is 0.527. The third-order valence-corrected chi connectivity index (χ3v) is 4.11. The molecular weight excluding hydrogens is 266 g/mol. The zero-order valence-electron chi connectivity index (χ0n) is 10.5. The van der Waals surface area contributed by atoms with Crippen molar-refractivity contribution in [3.63, 3.8) is 0 Å². The summed E-state index contributed by atoms with van der Waals surface area (Å²) < 4.78 is 5.28. The summed E-state index contributed by atoms with van der Waals surface area (Å²) in [5, 5.41) is 4.08. The number of halogens is 1. The summed E-state index contributed by atoms with van der Waals surface area (Å²) in [6.45, 7) is 5.80. The first-order valence-corrected chi connectivity index (χ1v) is 7.11. The minimum Gasteiger partial charge on any atom is -0.468 e. The van der Waals surface area contributed by atoms with E-state index in [4.69, 9.17) is 16.0 Å². The van der Waals surface area contributed by atoms with Gasteiger partial charge in [0.1, 0.15) is 5.76 Å². The second-order valence-electron chi connectivity index (χ2n) is 3.98. The van der Waals surface area contributed by atoms with Crippen LogP contribution >= 0.6 is 23.4 Å². The molecule has 1 heterocycles. The van der Waals surface area contributed by atoms with Crippen LogP contribution in [0.5, 0.6) is 0 Å². The first-order chi connectivity index (χ1) is 8.70. The number of rotatable bonds is 5. The number of benzene rings is 1. The molecule has 0 aliphatic rings. The molecule has 0 saturated heterocycles. The molecule has 0 unspecified atom stereocenters. The van der Waals surface area contributed by atoms with Crippen LogP contribution in [-0.4, -0.2) is 6.54 Å². The van der Waals surface area contributed by atoms with Crippen molar-refractivity contribution in [2.24, 2.45) is 0 Å². The minimum atomic E-state index is 0.807. The Morgan fingerprint density at radius 1 is 1.33 bits per heavy atom. The van der Waals surface area contributed by atoms with Gasteiger partial charge in [0.2, 0.25) is 0 Å². The van der Waals surface area contributed by atoms with Gasteiger partial charge in [0.15, 0.2) is 0 Å². The molecule has 1 N–H and O–H groups in total. The zero-order chi connectivity index (χ0) is 13.0. The summed E-state index contributed by atoms with van der Waals surface area (Å²) >= 11 is 7.94. The van der Waals surface area contributed by atoms with Crippen molar-refractivity contribution in [1.29, 1.82) is 0 Å². The van der Waals surface area contributed by atoms with Crippen molar-refractivity contribution < 1.29 is 4.42 Å². The van der Waals surface area contributed by atoms with Crippen LogP contribution in [0, 0.1) is 6.92 Å². The van der Waals surface area contributed by atoms with Crippen LogP contribution in [0.4, 0.5) is 0 Å². The van der Waals surface area contributed by atoms with E-state index in [9.17, 15) is 0 Å². The average molecular weight is 282 g/mol. The Hall–Kier alpha value is -0.900. The largest absolute Gasteiger partial charge is 0.468 e.